The van der Waals surface area contributed by atoms with Crippen molar-refractivity contribution in [2.75, 3.05) is 0 Å². The van der Waals surface area contributed by atoms with Gasteiger partial charge in [0.2, 0.25) is 5.91 Å². The van der Waals surface area contributed by atoms with Crippen LogP contribution >= 0.6 is 15.9 Å². The number of imide groups is 1. The first-order valence-corrected chi connectivity index (χ1v) is 8.12. The van der Waals surface area contributed by atoms with Crippen LogP contribution in [0.5, 0.6) is 0 Å². The van der Waals surface area contributed by atoms with E-state index in [1.165, 1.54) is 6.07 Å². The van der Waals surface area contributed by atoms with Crippen molar-refractivity contribution in [1.29, 1.82) is 0 Å². The first-order valence-electron chi connectivity index (χ1n) is 7.33. The first-order chi connectivity index (χ1) is 11.7. The summed E-state index contributed by atoms with van der Waals surface area (Å²) in [6.45, 7) is 3.23. The molecular formula is C16H12BrN3O5. The highest BCUT2D eigenvalue weighted by molar-refractivity contribution is 9.10. The van der Waals surface area contributed by atoms with Crippen LogP contribution in [0.2, 0.25) is 0 Å². The lowest BCUT2D eigenvalue weighted by molar-refractivity contribution is -0.385. The minimum absolute atomic E-state index is 0.0100. The molecule has 1 heterocycles. The Kier molecular flexibility index (Phi) is 4.03. The van der Waals surface area contributed by atoms with Gasteiger partial charge >= 0.3 is 0 Å². The zero-order valence-corrected chi connectivity index (χ0v) is 14.8. The van der Waals surface area contributed by atoms with Gasteiger partial charge in [0.05, 0.1) is 16.1 Å². The van der Waals surface area contributed by atoms with Crippen LogP contribution in [0.3, 0.4) is 0 Å². The van der Waals surface area contributed by atoms with Crippen molar-refractivity contribution in [3.8, 4) is 0 Å². The van der Waals surface area contributed by atoms with E-state index in [1.807, 2.05) is 0 Å². The summed E-state index contributed by atoms with van der Waals surface area (Å²) < 4.78 is 0.193. The lowest BCUT2D eigenvalue weighted by Crippen LogP contribution is -2.52. The van der Waals surface area contributed by atoms with Gasteiger partial charge in [-0.05, 0) is 22.0 Å². The molecule has 8 nitrogen and oxygen atoms in total. The number of nitro groups is 1. The monoisotopic (exact) mass is 405 g/mol. The SMILES string of the molecule is CC(C)C(=O)NN1C(=O)c2cccc3c(Br)c([N+](=O)[O-])cc(c23)C1=O. The van der Waals surface area contributed by atoms with E-state index in [0.717, 1.165) is 6.07 Å². The third-order valence-electron chi connectivity index (χ3n) is 3.89. The van der Waals surface area contributed by atoms with Gasteiger partial charge in [0.25, 0.3) is 17.5 Å². The Morgan fingerprint density at radius 3 is 2.48 bits per heavy atom. The van der Waals surface area contributed by atoms with Crippen LogP contribution in [0, 0.1) is 16.0 Å². The van der Waals surface area contributed by atoms with Gasteiger partial charge in [-0.2, -0.15) is 5.01 Å². The van der Waals surface area contributed by atoms with Crippen molar-refractivity contribution in [1.82, 2.24) is 10.4 Å². The van der Waals surface area contributed by atoms with Crippen molar-refractivity contribution in [2.45, 2.75) is 13.8 Å². The second-order valence-electron chi connectivity index (χ2n) is 5.82. The number of amides is 3. The number of rotatable bonds is 3. The summed E-state index contributed by atoms with van der Waals surface area (Å²) in [5.41, 5.74) is 2.16. The van der Waals surface area contributed by atoms with Crippen molar-refractivity contribution in [3.63, 3.8) is 0 Å². The van der Waals surface area contributed by atoms with E-state index in [9.17, 15) is 24.5 Å². The standard InChI is InChI=1S/C16H12BrN3O5/c1-7(2)14(21)18-19-15(22)9-5-3-4-8-12(9)10(16(19)23)6-11(13(8)17)20(24)25/h3-7H,1-2H3,(H,18,21). The normalized spacial score (nSPS) is 13.5. The highest BCUT2D eigenvalue weighted by atomic mass is 79.9. The average molecular weight is 406 g/mol. The summed E-state index contributed by atoms with van der Waals surface area (Å²) in [6, 6.07) is 5.76. The summed E-state index contributed by atoms with van der Waals surface area (Å²) in [5.74, 6) is -2.45. The number of nitro benzene ring substituents is 1. The predicted octanol–water partition coefficient (Wildman–Crippen LogP) is 2.79. The number of carbonyl (C=O) groups excluding carboxylic acids is 3. The fourth-order valence-electron chi connectivity index (χ4n) is 2.59. The predicted molar refractivity (Wildman–Crippen MR) is 91.8 cm³/mol. The fourth-order valence-corrected chi connectivity index (χ4v) is 3.18. The lowest BCUT2D eigenvalue weighted by Gasteiger charge is -2.27. The minimum Gasteiger partial charge on any atom is -0.273 e. The molecule has 3 amide bonds. The molecule has 0 radical (unpaired) electrons. The van der Waals surface area contributed by atoms with Crippen molar-refractivity contribution >= 4 is 50.1 Å². The van der Waals surface area contributed by atoms with E-state index in [4.69, 9.17) is 0 Å². The van der Waals surface area contributed by atoms with E-state index in [-0.39, 0.29) is 21.3 Å². The maximum absolute atomic E-state index is 12.7. The summed E-state index contributed by atoms with van der Waals surface area (Å²) in [7, 11) is 0. The van der Waals surface area contributed by atoms with Gasteiger partial charge in [-0.15, -0.1) is 0 Å². The molecule has 0 saturated heterocycles. The molecule has 0 aliphatic carbocycles. The molecule has 3 rings (SSSR count). The van der Waals surface area contributed by atoms with Crippen molar-refractivity contribution in [3.05, 3.63) is 50.0 Å². The van der Waals surface area contributed by atoms with E-state index >= 15 is 0 Å². The van der Waals surface area contributed by atoms with Gasteiger partial charge in [-0.1, -0.05) is 26.0 Å². The quantitative estimate of drug-likeness (QED) is 0.479. The zero-order valence-electron chi connectivity index (χ0n) is 13.2. The molecule has 128 valence electrons. The molecular weight excluding hydrogens is 394 g/mol. The molecule has 0 spiro atoms. The molecule has 1 aliphatic heterocycles. The van der Waals surface area contributed by atoms with Crippen LogP contribution in [0.15, 0.2) is 28.7 Å². The van der Waals surface area contributed by atoms with Crippen LogP contribution in [-0.2, 0) is 4.79 Å². The summed E-state index contributed by atoms with van der Waals surface area (Å²) in [4.78, 5) is 47.9. The molecule has 25 heavy (non-hydrogen) atoms. The Morgan fingerprint density at radius 2 is 1.88 bits per heavy atom. The number of nitrogens with one attached hydrogen (secondary N) is 1. The zero-order chi connectivity index (χ0) is 18.5. The lowest BCUT2D eigenvalue weighted by atomic mass is 9.94. The summed E-state index contributed by atoms with van der Waals surface area (Å²) >= 11 is 3.17. The Labute approximate surface area is 150 Å². The number of benzene rings is 2. The molecule has 0 atom stereocenters. The van der Waals surface area contributed by atoms with E-state index in [0.29, 0.717) is 15.8 Å². The molecule has 2 aromatic carbocycles. The van der Waals surface area contributed by atoms with Crippen molar-refractivity contribution < 1.29 is 19.3 Å². The highest BCUT2D eigenvalue weighted by Crippen LogP contribution is 2.39. The van der Waals surface area contributed by atoms with Crippen LogP contribution in [-0.4, -0.2) is 27.7 Å². The molecule has 0 bridgehead atoms. The largest absolute Gasteiger partial charge is 0.284 e. The van der Waals surface area contributed by atoms with Crippen LogP contribution < -0.4 is 5.43 Å². The smallest absolute Gasteiger partial charge is 0.273 e. The Morgan fingerprint density at radius 1 is 1.24 bits per heavy atom. The van der Waals surface area contributed by atoms with Crippen LogP contribution in [0.4, 0.5) is 5.69 Å². The fraction of sp³-hybridized carbons (Fsp3) is 0.188. The van der Waals surface area contributed by atoms with Crippen molar-refractivity contribution in [2.24, 2.45) is 5.92 Å². The van der Waals surface area contributed by atoms with Crippen LogP contribution in [0.25, 0.3) is 10.8 Å². The molecule has 9 heteroatoms. The second kappa shape index (κ2) is 5.92. The molecule has 1 aliphatic rings. The minimum atomic E-state index is -0.807. The Balaban J connectivity index is 2.26. The first kappa shape index (κ1) is 17.0. The van der Waals surface area contributed by atoms with Gasteiger partial charge < -0.3 is 0 Å². The van der Waals surface area contributed by atoms with Gasteiger partial charge in [-0.3, -0.25) is 29.9 Å². The molecule has 0 fully saturated rings. The number of hydrogen-bond donors (Lipinski definition) is 1. The number of halogens is 1. The molecule has 2 aromatic rings. The number of nitrogens with zero attached hydrogens (tertiary/aromatic N) is 2. The maximum atomic E-state index is 12.7. The van der Waals surface area contributed by atoms with E-state index in [1.54, 1.807) is 26.0 Å². The molecule has 1 N–H and O–H groups in total. The van der Waals surface area contributed by atoms with Gasteiger partial charge in [0, 0.05) is 22.8 Å². The van der Waals surface area contributed by atoms with E-state index in [2.05, 4.69) is 21.4 Å². The number of carbonyl (C=O) groups is 3. The third-order valence-corrected chi connectivity index (χ3v) is 4.72. The highest BCUT2D eigenvalue weighted by Gasteiger charge is 2.37. The Hall–Kier alpha value is -2.81. The number of hydrogen-bond acceptors (Lipinski definition) is 5. The maximum Gasteiger partial charge on any atom is 0.284 e. The summed E-state index contributed by atoms with van der Waals surface area (Å²) in [5, 5.41) is 12.6. The van der Waals surface area contributed by atoms with Gasteiger partial charge in [-0.25, -0.2) is 0 Å². The topological polar surface area (TPSA) is 110 Å². The Bertz CT molecular complexity index is 970. The third kappa shape index (κ3) is 2.56. The molecule has 0 aromatic heterocycles. The van der Waals surface area contributed by atoms with Gasteiger partial charge in [0.15, 0.2) is 0 Å². The number of hydrazine groups is 1. The van der Waals surface area contributed by atoms with Gasteiger partial charge in [0.1, 0.15) is 4.47 Å². The molecule has 0 saturated carbocycles. The molecule has 0 unspecified atom stereocenters. The summed E-state index contributed by atoms with van der Waals surface area (Å²) in [6.07, 6.45) is 0. The average Bonchev–Trinajstić information content (AvgIpc) is 2.57. The van der Waals surface area contributed by atoms with Crippen LogP contribution in [0.1, 0.15) is 34.6 Å². The second-order valence-corrected chi connectivity index (χ2v) is 6.61. The van der Waals surface area contributed by atoms with E-state index < -0.39 is 28.6 Å².